The molecule has 0 spiro atoms. The maximum Gasteiger partial charge on any atom is 2.00 e. The van der Waals surface area contributed by atoms with Gasteiger partial charge in [0.15, 0.2) is 0 Å². The first-order valence-corrected chi connectivity index (χ1v) is 2.68. The van der Waals surface area contributed by atoms with Crippen molar-refractivity contribution in [1.29, 1.82) is 0 Å². The maximum atomic E-state index is 7.33. The van der Waals surface area contributed by atoms with E-state index in [4.69, 9.17) is 19.2 Å². The molecule has 4 nitrogen and oxygen atoms in total. The number of hydrogen-bond donors (Lipinski definition) is 4. The van der Waals surface area contributed by atoms with Gasteiger partial charge in [0.25, 0.3) is 0 Å². The van der Waals surface area contributed by atoms with Crippen molar-refractivity contribution in [3.63, 3.8) is 0 Å². The third-order valence-corrected chi connectivity index (χ3v) is 0. The summed E-state index contributed by atoms with van der Waals surface area (Å²) in [6.07, 6.45) is 0. The number of halogens is 1. The third kappa shape index (κ3) is 112. The van der Waals surface area contributed by atoms with Gasteiger partial charge in [-0.05, 0) is 0 Å². The second kappa shape index (κ2) is 13.3. The predicted octanol–water partition coefficient (Wildman–Crippen LogP) is -5.44. The Balaban J connectivity index is -0.00000000381. The summed E-state index contributed by atoms with van der Waals surface area (Å²) in [6.45, 7) is 0. The zero-order chi connectivity index (χ0) is 4.50. The Labute approximate surface area is 113 Å². The van der Waals surface area contributed by atoms with Crippen molar-refractivity contribution >= 4 is 56.7 Å². The Bertz CT molecular complexity index is 45.8. The molecule has 0 aliphatic rings. The molecule has 1 atom stereocenters. The monoisotopic (exact) mass is 216 g/mol. The Morgan fingerprint density at radius 2 is 1.00 bits per heavy atom. The SMILES string of the molecule is F.O[Si](O)(O)O.P.[Ca+2].[H-].[H-].[H-].[Na+]. The number of hydrogen-bond acceptors (Lipinski definition) is 4. The van der Waals surface area contributed by atoms with E-state index in [1.54, 1.807) is 0 Å². The first kappa shape index (κ1) is 29.9. The average molecular weight is 216 g/mol. The Kier molecular flexibility index (Phi) is 44.1. The van der Waals surface area contributed by atoms with E-state index >= 15 is 0 Å². The summed E-state index contributed by atoms with van der Waals surface area (Å²) in [7, 11) is -4.61. The van der Waals surface area contributed by atoms with Gasteiger partial charge in [-0.1, -0.05) is 0 Å². The molecule has 0 aromatic rings. The van der Waals surface area contributed by atoms with Crippen LogP contribution in [0.4, 0.5) is 4.70 Å². The average Bonchev–Trinajstić information content (AvgIpc) is 0.722. The van der Waals surface area contributed by atoms with Crippen LogP contribution in [0.5, 0.6) is 0 Å². The van der Waals surface area contributed by atoms with E-state index in [1.807, 2.05) is 0 Å². The largest absolute Gasteiger partial charge is 2.00 e. The molecule has 0 saturated carbocycles. The molecular formula is H11CaFNaO4PSi. The summed E-state index contributed by atoms with van der Waals surface area (Å²) >= 11 is 0. The van der Waals surface area contributed by atoms with Crippen LogP contribution < -0.4 is 29.6 Å². The van der Waals surface area contributed by atoms with Crippen molar-refractivity contribution in [1.82, 2.24) is 0 Å². The summed E-state index contributed by atoms with van der Waals surface area (Å²) in [4.78, 5) is 29.3. The van der Waals surface area contributed by atoms with Crippen molar-refractivity contribution in [3.8, 4) is 0 Å². The Morgan fingerprint density at radius 1 is 1.00 bits per heavy atom. The molecule has 0 aromatic heterocycles. The third-order valence-electron chi connectivity index (χ3n) is 0. The normalized spacial score (nSPS) is 6.67. The summed E-state index contributed by atoms with van der Waals surface area (Å²) in [5.41, 5.74) is 0. The van der Waals surface area contributed by atoms with E-state index in [0.717, 1.165) is 0 Å². The molecule has 0 bridgehead atoms. The summed E-state index contributed by atoms with van der Waals surface area (Å²) < 4.78 is 0. The molecule has 54 valence electrons. The Morgan fingerprint density at radius 3 is 1.00 bits per heavy atom. The zero-order valence-corrected chi connectivity index (χ0v) is 11.7. The molecule has 0 saturated heterocycles. The van der Waals surface area contributed by atoms with E-state index < -0.39 is 9.05 Å². The van der Waals surface area contributed by atoms with Gasteiger partial charge < -0.3 is 23.5 Å². The van der Waals surface area contributed by atoms with Crippen molar-refractivity contribution in [2.45, 2.75) is 0 Å². The molecule has 0 heterocycles. The molecule has 0 aliphatic heterocycles. The molecule has 0 aromatic carbocycles. The first-order valence-electron chi connectivity index (χ1n) is 0.894. The zero-order valence-electron chi connectivity index (χ0n) is 8.11. The van der Waals surface area contributed by atoms with Gasteiger partial charge in [-0.25, -0.2) is 0 Å². The van der Waals surface area contributed by atoms with Gasteiger partial charge in [-0.2, -0.15) is 9.90 Å². The van der Waals surface area contributed by atoms with Crippen LogP contribution in [0, 0.1) is 0 Å². The summed E-state index contributed by atoms with van der Waals surface area (Å²) in [5.74, 6) is 0. The second-order valence-corrected chi connectivity index (χ2v) is 1.80. The fraction of sp³-hybridized carbons (Fsp3) is 0. The van der Waals surface area contributed by atoms with Gasteiger partial charge in [0.2, 0.25) is 0 Å². The van der Waals surface area contributed by atoms with Crippen LogP contribution in [-0.2, 0) is 0 Å². The fourth-order valence-corrected chi connectivity index (χ4v) is 0. The van der Waals surface area contributed by atoms with E-state index in [-0.39, 0.29) is 86.2 Å². The van der Waals surface area contributed by atoms with Gasteiger partial charge in [0.05, 0.1) is 0 Å². The molecule has 0 radical (unpaired) electrons. The van der Waals surface area contributed by atoms with Crippen LogP contribution >= 0.6 is 9.90 Å². The standard InChI is InChI=1S/Ca.FH.Na.H4O4Si.H3P.3H/c;;;1-5(2,3)4;;;;/h;1H;;1-4H;1H3;;;/q+2;;+1;;;3*-1. The first-order chi connectivity index (χ1) is 2.00. The molecule has 0 fully saturated rings. The van der Waals surface area contributed by atoms with Crippen LogP contribution in [0.3, 0.4) is 0 Å². The minimum atomic E-state index is -4.61. The molecule has 4 N–H and O–H groups in total. The predicted molar refractivity (Wildman–Crippen MR) is 37.3 cm³/mol. The van der Waals surface area contributed by atoms with Gasteiger partial charge in [0.1, 0.15) is 0 Å². The Hall–Kier alpha value is 2.68. The molecule has 9 heavy (non-hydrogen) atoms. The van der Waals surface area contributed by atoms with Gasteiger partial charge in [-0.3, -0.25) is 4.70 Å². The van der Waals surface area contributed by atoms with Crippen molar-refractivity contribution < 1.29 is 57.7 Å². The minimum absolute atomic E-state index is 0. The molecule has 0 aliphatic carbocycles. The van der Waals surface area contributed by atoms with Gasteiger partial charge in [0, 0.05) is 0 Å². The van der Waals surface area contributed by atoms with E-state index in [2.05, 4.69) is 0 Å². The fourth-order valence-electron chi connectivity index (χ4n) is 0. The topological polar surface area (TPSA) is 80.9 Å². The number of rotatable bonds is 0. The van der Waals surface area contributed by atoms with Crippen molar-refractivity contribution in [2.75, 3.05) is 0 Å². The van der Waals surface area contributed by atoms with Gasteiger partial charge in [-0.15, -0.1) is 0 Å². The smallest absolute Gasteiger partial charge is 1.00 e. The van der Waals surface area contributed by atoms with Crippen molar-refractivity contribution in [3.05, 3.63) is 0 Å². The van der Waals surface area contributed by atoms with Crippen LogP contribution in [-0.4, -0.2) is 66.0 Å². The molecule has 0 rings (SSSR count). The van der Waals surface area contributed by atoms with Crippen LogP contribution in [0.2, 0.25) is 0 Å². The summed E-state index contributed by atoms with van der Waals surface area (Å²) in [5, 5.41) is 0. The maximum absolute atomic E-state index is 7.33. The molecule has 9 heteroatoms. The molecule has 1 unspecified atom stereocenters. The van der Waals surface area contributed by atoms with E-state index in [0.29, 0.717) is 0 Å². The minimum Gasteiger partial charge on any atom is -1.00 e. The summed E-state index contributed by atoms with van der Waals surface area (Å²) in [6, 6.07) is 0. The van der Waals surface area contributed by atoms with Crippen LogP contribution in [0.1, 0.15) is 4.28 Å². The van der Waals surface area contributed by atoms with Crippen LogP contribution in [0.25, 0.3) is 0 Å². The van der Waals surface area contributed by atoms with Gasteiger partial charge >= 0.3 is 76.3 Å². The molecular weight excluding hydrogens is 205 g/mol. The van der Waals surface area contributed by atoms with Crippen LogP contribution in [0.15, 0.2) is 0 Å². The molecule has 0 amide bonds. The second-order valence-electron chi connectivity index (χ2n) is 0.600. The van der Waals surface area contributed by atoms with Crippen molar-refractivity contribution in [2.24, 2.45) is 0 Å². The van der Waals surface area contributed by atoms with E-state index in [1.165, 1.54) is 0 Å². The van der Waals surface area contributed by atoms with E-state index in [9.17, 15) is 0 Å². The quantitative estimate of drug-likeness (QED) is 0.241.